The fraction of sp³-hybridized carbons (Fsp3) is 1.00. The van der Waals surface area contributed by atoms with Gasteiger partial charge in [-0.2, -0.15) is 0 Å². The lowest BCUT2D eigenvalue weighted by molar-refractivity contribution is 0.121. The zero-order valence-electron chi connectivity index (χ0n) is 10.2. The Bertz CT molecular complexity index is 221. The van der Waals surface area contributed by atoms with Gasteiger partial charge in [0.15, 0.2) is 0 Å². The Morgan fingerprint density at radius 2 is 2.00 bits per heavy atom. The first-order chi connectivity index (χ1) is 6.52. The molecule has 0 aromatic heterocycles. The highest BCUT2D eigenvalue weighted by Crippen LogP contribution is 2.65. The van der Waals surface area contributed by atoms with E-state index in [1.54, 1.807) is 0 Å². The van der Waals surface area contributed by atoms with Crippen LogP contribution in [-0.2, 0) is 0 Å². The molecule has 0 amide bonds. The second-order valence-corrected chi connectivity index (χ2v) is 6.12. The van der Waals surface area contributed by atoms with E-state index in [0.29, 0.717) is 10.8 Å². The fourth-order valence-corrected chi connectivity index (χ4v) is 3.83. The summed E-state index contributed by atoms with van der Waals surface area (Å²) in [4.78, 5) is 0. The number of rotatable bonds is 3. The molecule has 0 spiro atoms. The summed E-state index contributed by atoms with van der Waals surface area (Å²) in [6.45, 7) is 10.9. The summed E-state index contributed by atoms with van der Waals surface area (Å²) < 4.78 is 0. The Balaban J connectivity index is 2.11. The van der Waals surface area contributed by atoms with Gasteiger partial charge in [-0.25, -0.2) is 0 Å². The molecular formula is C13H25N. The van der Waals surface area contributed by atoms with Crippen molar-refractivity contribution >= 4 is 0 Å². The van der Waals surface area contributed by atoms with E-state index in [2.05, 4.69) is 33.0 Å². The molecule has 1 heteroatoms. The van der Waals surface area contributed by atoms with Crippen molar-refractivity contribution in [3.05, 3.63) is 0 Å². The number of nitrogens with one attached hydrogen (secondary N) is 1. The van der Waals surface area contributed by atoms with E-state index in [-0.39, 0.29) is 0 Å². The number of hydrogen-bond donors (Lipinski definition) is 1. The highest BCUT2D eigenvalue weighted by molar-refractivity contribution is 5.12. The van der Waals surface area contributed by atoms with Crippen molar-refractivity contribution in [2.45, 2.75) is 59.4 Å². The second-order valence-electron chi connectivity index (χ2n) is 6.12. The molecule has 82 valence electrons. The van der Waals surface area contributed by atoms with Crippen molar-refractivity contribution in [1.82, 2.24) is 5.32 Å². The van der Waals surface area contributed by atoms with Crippen molar-refractivity contribution in [3.63, 3.8) is 0 Å². The molecule has 1 N–H and O–H groups in total. The Morgan fingerprint density at radius 3 is 2.43 bits per heavy atom. The molecular weight excluding hydrogens is 170 g/mol. The minimum Gasteiger partial charge on any atom is -0.313 e. The summed E-state index contributed by atoms with van der Waals surface area (Å²) in [5.74, 6) is 0.974. The van der Waals surface area contributed by atoms with Crippen LogP contribution in [0.5, 0.6) is 0 Å². The van der Waals surface area contributed by atoms with Gasteiger partial charge >= 0.3 is 0 Å². The molecule has 2 bridgehead atoms. The lowest BCUT2D eigenvalue weighted by atomic mass is 9.69. The van der Waals surface area contributed by atoms with Crippen LogP contribution in [0.15, 0.2) is 0 Å². The predicted molar refractivity (Wildman–Crippen MR) is 61.3 cm³/mol. The molecule has 0 aromatic carbocycles. The van der Waals surface area contributed by atoms with Crippen LogP contribution in [0.1, 0.15) is 53.4 Å². The van der Waals surface area contributed by atoms with Crippen LogP contribution >= 0.6 is 0 Å². The van der Waals surface area contributed by atoms with E-state index in [9.17, 15) is 0 Å². The molecule has 0 aromatic rings. The maximum Gasteiger partial charge on any atom is 0.0129 e. The van der Waals surface area contributed by atoms with Crippen LogP contribution in [0.3, 0.4) is 0 Å². The van der Waals surface area contributed by atoms with Gasteiger partial charge in [0.1, 0.15) is 0 Å². The Hall–Kier alpha value is -0.0400. The molecule has 2 rings (SSSR count). The van der Waals surface area contributed by atoms with Crippen molar-refractivity contribution in [3.8, 4) is 0 Å². The van der Waals surface area contributed by atoms with E-state index in [0.717, 1.165) is 12.0 Å². The van der Waals surface area contributed by atoms with Crippen molar-refractivity contribution in [2.24, 2.45) is 16.7 Å². The first-order valence-corrected chi connectivity index (χ1v) is 6.25. The predicted octanol–water partition coefficient (Wildman–Crippen LogP) is 3.20. The van der Waals surface area contributed by atoms with Crippen LogP contribution in [0.2, 0.25) is 0 Å². The minimum absolute atomic E-state index is 0.562. The van der Waals surface area contributed by atoms with Gasteiger partial charge in [-0.05, 0) is 49.0 Å². The summed E-state index contributed by atoms with van der Waals surface area (Å²) in [6.07, 6.45) is 5.58. The zero-order chi connectivity index (χ0) is 10.4. The standard InChI is InChI=1S/C13H25N/c1-5-8-14-11-9-10-6-7-13(11,4)12(10,2)3/h10-11,14H,5-9H2,1-4H3/t10-,11+,13-/m1/s1. The molecule has 0 aliphatic heterocycles. The van der Waals surface area contributed by atoms with Crippen LogP contribution in [0, 0.1) is 16.7 Å². The van der Waals surface area contributed by atoms with Gasteiger partial charge in [-0.3, -0.25) is 0 Å². The third-order valence-electron chi connectivity index (χ3n) is 5.43. The number of hydrogen-bond acceptors (Lipinski definition) is 1. The monoisotopic (exact) mass is 195 g/mol. The smallest absolute Gasteiger partial charge is 0.0129 e. The Kier molecular flexibility index (Phi) is 2.42. The number of fused-ring (bicyclic) bond motifs is 2. The molecule has 0 radical (unpaired) electrons. The maximum absolute atomic E-state index is 3.76. The summed E-state index contributed by atoms with van der Waals surface area (Å²) >= 11 is 0. The maximum atomic E-state index is 3.76. The molecule has 0 heterocycles. The largest absolute Gasteiger partial charge is 0.313 e. The van der Waals surface area contributed by atoms with Crippen molar-refractivity contribution in [2.75, 3.05) is 6.54 Å². The summed E-state index contributed by atoms with van der Waals surface area (Å²) in [5, 5.41) is 3.76. The first kappa shape index (κ1) is 10.5. The summed E-state index contributed by atoms with van der Waals surface area (Å²) in [5.41, 5.74) is 1.13. The third-order valence-corrected chi connectivity index (χ3v) is 5.43. The van der Waals surface area contributed by atoms with Gasteiger partial charge in [-0.1, -0.05) is 27.7 Å². The molecule has 2 aliphatic rings. The molecule has 14 heavy (non-hydrogen) atoms. The lowest BCUT2D eigenvalue weighted by Gasteiger charge is -2.39. The highest BCUT2D eigenvalue weighted by Gasteiger charge is 2.60. The van der Waals surface area contributed by atoms with Gasteiger partial charge in [0.05, 0.1) is 0 Å². The molecule has 1 nitrogen and oxygen atoms in total. The molecule has 2 saturated carbocycles. The average Bonchev–Trinajstić information content (AvgIpc) is 2.46. The van der Waals surface area contributed by atoms with E-state index in [1.807, 2.05) is 0 Å². The lowest BCUT2D eigenvalue weighted by Crippen LogP contribution is -2.44. The molecule has 0 saturated heterocycles. The van der Waals surface area contributed by atoms with Gasteiger partial charge < -0.3 is 5.32 Å². The fourth-order valence-electron chi connectivity index (χ4n) is 3.83. The molecule has 2 fully saturated rings. The van der Waals surface area contributed by atoms with Crippen molar-refractivity contribution < 1.29 is 0 Å². The molecule has 3 atom stereocenters. The van der Waals surface area contributed by atoms with E-state index < -0.39 is 0 Å². The second kappa shape index (κ2) is 3.23. The zero-order valence-corrected chi connectivity index (χ0v) is 10.2. The topological polar surface area (TPSA) is 12.0 Å². The quantitative estimate of drug-likeness (QED) is 0.729. The van der Waals surface area contributed by atoms with Crippen LogP contribution in [0.4, 0.5) is 0 Å². The molecule has 0 unspecified atom stereocenters. The van der Waals surface area contributed by atoms with E-state index in [1.165, 1.54) is 32.2 Å². The van der Waals surface area contributed by atoms with Gasteiger partial charge in [0.25, 0.3) is 0 Å². The van der Waals surface area contributed by atoms with Gasteiger partial charge in [0, 0.05) is 6.04 Å². The van der Waals surface area contributed by atoms with Crippen LogP contribution in [0.25, 0.3) is 0 Å². The molecule has 2 aliphatic carbocycles. The van der Waals surface area contributed by atoms with Crippen LogP contribution in [-0.4, -0.2) is 12.6 Å². The first-order valence-electron chi connectivity index (χ1n) is 6.25. The Morgan fingerprint density at radius 1 is 1.29 bits per heavy atom. The Labute approximate surface area is 88.7 Å². The summed E-state index contributed by atoms with van der Waals surface area (Å²) in [7, 11) is 0. The third kappa shape index (κ3) is 1.18. The average molecular weight is 195 g/mol. The normalized spacial score (nSPS) is 44.6. The van der Waals surface area contributed by atoms with Crippen LogP contribution < -0.4 is 5.32 Å². The SMILES string of the molecule is CCCN[C@H]1C[C@H]2CC[C@@]1(C)C2(C)C. The highest BCUT2D eigenvalue weighted by atomic mass is 15.0. The summed E-state index contributed by atoms with van der Waals surface area (Å²) in [6, 6.07) is 0.788. The van der Waals surface area contributed by atoms with Gasteiger partial charge in [0.2, 0.25) is 0 Å². The van der Waals surface area contributed by atoms with E-state index in [4.69, 9.17) is 0 Å². The van der Waals surface area contributed by atoms with Crippen molar-refractivity contribution in [1.29, 1.82) is 0 Å². The minimum atomic E-state index is 0.562. The van der Waals surface area contributed by atoms with E-state index >= 15 is 0 Å². The van der Waals surface area contributed by atoms with Gasteiger partial charge in [-0.15, -0.1) is 0 Å².